The van der Waals surface area contributed by atoms with E-state index in [-0.39, 0.29) is 17.5 Å². The molecule has 126 valence electrons. The molecule has 0 bridgehead atoms. The van der Waals surface area contributed by atoms with Gasteiger partial charge in [-0.2, -0.15) is 5.10 Å². The lowest BCUT2D eigenvalue weighted by molar-refractivity contribution is -0.142. The molecule has 1 N–H and O–H groups in total. The number of carboxylic acids is 1. The van der Waals surface area contributed by atoms with Gasteiger partial charge in [-0.1, -0.05) is 0 Å². The number of nitrogens with zero attached hydrogens (tertiary/aromatic N) is 3. The van der Waals surface area contributed by atoms with E-state index in [4.69, 9.17) is 0 Å². The highest BCUT2D eigenvalue weighted by molar-refractivity contribution is 5.93. The van der Waals surface area contributed by atoms with Crippen LogP contribution in [0.1, 0.15) is 69.1 Å². The Morgan fingerprint density at radius 3 is 2.39 bits per heavy atom. The third kappa shape index (κ3) is 2.86. The summed E-state index contributed by atoms with van der Waals surface area (Å²) < 4.78 is 1.97. The molecule has 6 nitrogen and oxygen atoms in total. The highest BCUT2D eigenvalue weighted by Gasteiger charge is 2.40. The lowest BCUT2D eigenvalue weighted by Crippen LogP contribution is -2.38. The molecule has 0 radical (unpaired) electrons. The Morgan fingerprint density at radius 2 is 1.91 bits per heavy atom. The lowest BCUT2D eigenvalue weighted by atomic mass is 10.0. The molecule has 1 aromatic rings. The monoisotopic (exact) mass is 319 g/mol. The quantitative estimate of drug-likeness (QED) is 0.928. The number of hydrogen-bond donors (Lipinski definition) is 1. The fourth-order valence-electron chi connectivity index (χ4n) is 3.41. The summed E-state index contributed by atoms with van der Waals surface area (Å²) in [4.78, 5) is 25.7. The van der Waals surface area contributed by atoms with E-state index in [2.05, 4.69) is 25.9 Å². The maximum absolute atomic E-state index is 12.8. The number of carbonyl (C=O) groups is 2. The Hall–Kier alpha value is -1.85. The maximum atomic E-state index is 12.8. The van der Waals surface area contributed by atoms with Crippen LogP contribution in [0.3, 0.4) is 0 Å². The summed E-state index contributed by atoms with van der Waals surface area (Å²) in [5.74, 6) is -0.949. The van der Waals surface area contributed by atoms with Crippen LogP contribution >= 0.6 is 0 Å². The Morgan fingerprint density at radius 1 is 1.26 bits per heavy atom. The number of amides is 1. The Balaban J connectivity index is 1.87. The van der Waals surface area contributed by atoms with Gasteiger partial charge in [-0.25, -0.2) is 0 Å². The van der Waals surface area contributed by atoms with Crippen molar-refractivity contribution in [1.29, 1.82) is 0 Å². The summed E-state index contributed by atoms with van der Waals surface area (Å²) in [7, 11) is 0. The predicted molar refractivity (Wildman–Crippen MR) is 85.4 cm³/mol. The Bertz CT molecular complexity index is 640. The van der Waals surface area contributed by atoms with Crippen molar-refractivity contribution in [2.45, 2.75) is 64.5 Å². The van der Waals surface area contributed by atoms with Gasteiger partial charge in [0, 0.05) is 24.2 Å². The van der Waals surface area contributed by atoms with E-state index in [0.717, 1.165) is 18.5 Å². The first kappa shape index (κ1) is 16.0. The number of carbonyl (C=O) groups excluding carboxylic acids is 1. The second kappa shape index (κ2) is 5.35. The van der Waals surface area contributed by atoms with Crippen LogP contribution in [0.25, 0.3) is 0 Å². The number of likely N-dealkylation sites (tertiary alicyclic amines) is 1. The molecule has 2 atom stereocenters. The third-order valence-corrected chi connectivity index (χ3v) is 4.92. The van der Waals surface area contributed by atoms with E-state index < -0.39 is 11.9 Å². The van der Waals surface area contributed by atoms with E-state index in [1.807, 2.05) is 17.7 Å². The molecule has 2 fully saturated rings. The molecule has 0 spiro atoms. The molecule has 6 heteroatoms. The van der Waals surface area contributed by atoms with Crippen molar-refractivity contribution in [1.82, 2.24) is 14.7 Å². The standard InChI is InChI=1S/C17H25N3O3/c1-10-12(16(22)23)7-8-19(10)15(21)13-9-14(11-5-6-11)20(18-13)17(2,3)4/h9-12H,5-8H2,1-4H3,(H,22,23). The first-order valence-electron chi connectivity index (χ1n) is 8.34. The summed E-state index contributed by atoms with van der Waals surface area (Å²) in [6, 6.07) is 1.62. The topological polar surface area (TPSA) is 75.4 Å². The van der Waals surface area contributed by atoms with Crippen LogP contribution in [-0.4, -0.2) is 44.3 Å². The summed E-state index contributed by atoms with van der Waals surface area (Å²) in [6.07, 6.45) is 2.81. The zero-order chi connectivity index (χ0) is 16.9. The smallest absolute Gasteiger partial charge is 0.308 e. The largest absolute Gasteiger partial charge is 0.481 e. The third-order valence-electron chi connectivity index (χ3n) is 4.92. The van der Waals surface area contributed by atoms with Gasteiger partial charge in [0.2, 0.25) is 0 Å². The number of rotatable bonds is 3. The summed E-state index contributed by atoms with van der Waals surface area (Å²) in [5.41, 5.74) is 1.40. The molecule has 1 aliphatic carbocycles. The van der Waals surface area contributed by atoms with E-state index in [9.17, 15) is 14.7 Å². The van der Waals surface area contributed by atoms with Crippen LogP contribution in [-0.2, 0) is 10.3 Å². The summed E-state index contributed by atoms with van der Waals surface area (Å²) in [6.45, 7) is 8.54. The normalized spacial score (nSPS) is 25.0. The second-order valence-electron chi connectivity index (χ2n) is 7.78. The number of hydrogen-bond acceptors (Lipinski definition) is 3. The van der Waals surface area contributed by atoms with Crippen molar-refractivity contribution in [3.63, 3.8) is 0 Å². The molecule has 1 amide bonds. The maximum Gasteiger partial charge on any atom is 0.308 e. The van der Waals surface area contributed by atoms with Crippen LogP contribution in [0.5, 0.6) is 0 Å². The van der Waals surface area contributed by atoms with Crippen molar-refractivity contribution in [3.05, 3.63) is 17.5 Å². The van der Waals surface area contributed by atoms with Gasteiger partial charge < -0.3 is 10.0 Å². The Kier molecular flexibility index (Phi) is 3.73. The van der Waals surface area contributed by atoms with Gasteiger partial charge in [-0.3, -0.25) is 14.3 Å². The molecule has 1 aliphatic heterocycles. The highest BCUT2D eigenvalue weighted by atomic mass is 16.4. The molecule has 2 heterocycles. The van der Waals surface area contributed by atoms with E-state index in [1.54, 1.807) is 4.90 Å². The average Bonchev–Trinajstić information content (AvgIpc) is 3.06. The molecule has 2 unspecified atom stereocenters. The highest BCUT2D eigenvalue weighted by Crippen LogP contribution is 2.42. The van der Waals surface area contributed by atoms with Gasteiger partial charge >= 0.3 is 5.97 Å². The van der Waals surface area contributed by atoms with Gasteiger partial charge in [0.05, 0.1) is 11.5 Å². The van der Waals surface area contributed by atoms with Gasteiger partial charge in [0.25, 0.3) is 5.91 Å². The van der Waals surface area contributed by atoms with E-state index >= 15 is 0 Å². The number of aliphatic carboxylic acids is 1. The van der Waals surface area contributed by atoms with Crippen molar-refractivity contribution >= 4 is 11.9 Å². The fourth-order valence-corrected chi connectivity index (χ4v) is 3.41. The van der Waals surface area contributed by atoms with Crippen LogP contribution in [0, 0.1) is 5.92 Å². The summed E-state index contributed by atoms with van der Waals surface area (Å²) >= 11 is 0. The molecule has 3 rings (SSSR count). The zero-order valence-corrected chi connectivity index (χ0v) is 14.2. The van der Waals surface area contributed by atoms with Crippen molar-refractivity contribution in [2.24, 2.45) is 5.92 Å². The minimum absolute atomic E-state index is 0.147. The average molecular weight is 319 g/mol. The van der Waals surface area contributed by atoms with Crippen molar-refractivity contribution in [2.75, 3.05) is 6.54 Å². The van der Waals surface area contributed by atoms with Crippen LogP contribution in [0.4, 0.5) is 0 Å². The van der Waals surface area contributed by atoms with Crippen LogP contribution in [0.15, 0.2) is 6.07 Å². The van der Waals surface area contributed by atoms with Crippen molar-refractivity contribution in [3.8, 4) is 0 Å². The Labute approximate surface area is 136 Å². The molecule has 2 aliphatic rings. The van der Waals surface area contributed by atoms with Gasteiger partial charge in [-0.15, -0.1) is 0 Å². The van der Waals surface area contributed by atoms with E-state index in [1.165, 1.54) is 0 Å². The SMILES string of the molecule is CC1C(C(=O)O)CCN1C(=O)c1cc(C2CC2)n(C(C)(C)C)n1. The lowest BCUT2D eigenvalue weighted by Gasteiger charge is -2.23. The molecule has 1 saturated heterocycles. The minimum Gasteiger partial charge on any atom is -0.481 e. The molecule has 0 aromatic carbocycles. The van der Waals surface area contributed by atoms with Crippen LogP contribution in [0.2, 0.25) is 0 Å². The van der Waals surface area contributed by atoms with Crippen molar-refractivity contribution < 1.29 is 14.7 Å². The predicted octanol–water partition coefficient (Wildman–Crippen LogP) is 2.45. The molecule has 1 aromatic heterocycles. The fraction of sp³-hybridized carbons (Fsp3) is 0.706. The van der Waals surface area contributed by atoms with Crippen LogP contribution < -0.4 is 0 Å². The first-order valence-corrected chi connectivity index (χ1v) is 8.34. The number of carboxylic acid groups (broad SMARTS) is 1. The molecular weight excluding hydrogens is 294 g/mol. The second-order valence-corrected chi connectivity index (χ2v) is 7.78. The van der Waals surface area contributed by atoms with Gasteiger partial charge in [0.15, 0.2) is 5.69 Å². The number of aromatic nitrogens is 2. The molecule has 23 heavy (non-hydrogen) atoms. The van der Waals surface area contributed by atoms with Gasteiger partial charge in [-0.05, 0) is 53.0 Å². The molecular formula is C17H25N3O3. The van der Waals surface area contributed by atoms with E-state index in [0.29, 0.717) is 24.6 Å². The molecule has 1 saturated carbocycles. The zero-order valence-electron chi connectivity index (χ0n) is 14.2. The summed E-state index contributed by atoms with van der Waals surface area (Å²) in [5, 5.41) is 13.8. The minimum atomic E-state index is -0.827. The van der Waals surface area contributed by atoms with Gasteiger partial charge in [0.1, 0.15) is 0 Å². The first-order chi connectivity index (χ1) is 10.7.